The predicted octanol–water partition coefficient (Wildman–Crippen LogP) is 5.25. The summed E-state index contributed by atoms with van der Waals surface area (Å²) in [7, 11) is 0. The zero-order valence-corrected chi connectivity index (χ0v) is 13.6. The third-order valence-electron chi connectivity index (χ3n) is 3.61. The van der Waals surface area contributed by atoms with Gasteiger partial charge in [-0.05, 0) is 55.3 Å². The van der Waals surface area contributed by atoms with E-state index in [9.17, 15) is 5.26 Å². The highest BCUT2D eigenvalue weighted by atomic mass is 35.5. The van der Waals surface area contributed by atoms with Crippen molar-refractivity contribution in [1.82, 2.24) is 0 Å². The number of benzene rings is 2. The first kappa shape index (κ1) is 16.1. The molecule has 0 aliphatic rings. The predicted molar refractivity (Wildman–Crippen MR) is 94.9 cm³/mol. The molecular weight excluding hydrogens is 292 g/mol. The third kappa shape index (κ3) is 3.90. The van der Waals surface area contributed by atoms with Crippen LogP contribution in [0.1, 0.15) is 25.0 Å². The summed E-state index contributed by atoms with van der Waals surface area (Å²) in [6.45, 7) is 6.26. The molecule has 0 aliphatic heterocycles. The van der Waals surface area contributed by atoms with Crippen molar-refractivity contribution in [2.75, 3.05) is 18.0 Å². The van der Waals surface area contributed by atoms with E-state index >= 15 is 0 Å². The van der Waals surface area contributed by atoms with Crippen molar-refractivity contribution >= 4 is 28.9 Å². The van der Waals surface area contributed by atoms with Crippen LogP contribution in [0.4, 0.5) is 5.69 Å². The molecule has 0 aromatic heterocycles. The van der Waals surface area contributed by atoms with Crippen LogP contribution in [0.25, 0.3) is 11.6 Å². The van der Waals surface area contributed by atoms with Gasteiger partial charge in [-0.3, -0.25) is 0 Å². The first-order valence-corrected chi connectivity index (χ1v) is 7.78. The van der Waals surface area contributed by atoms with Crippen LogP contribution in [-0.2, 0) is 0 Å². The van der Waals surface area contributed by atoms with Crippen LogP contribution in [0, 0.1) is 11.3 Å². The molecule has 2 aromatic rings. The summed E-state index contributed by atoms with van der Waals surface area (Å²) in [6, 6.07) is 17.8. The zero-order valence-electron chi connectivity index (χ0n) is 12.9. The Kier molecular flexibility index (Phi) is 5.63. The lowest BCUT2D eigenvalue weighted by molar-refractivity contribution is 0.866. The highest BCUT2D eigenvalue weighted by Gasteiger charge is 2.03. The Labute approximate surface area is 137 Å². The van der Waals surface area contributed by atoms with Gasteiger partial charge >= 0.3 is 0 Å². The number of rotatable bonds is 5. The summed E-state index contributed by atoms with van der Waals surface area (Å²) >= 11 is 5.89. The molecule has 0 aliphatic carbocycles. The highest BCUT2D eigenvalue weighted by Crippen LogP contribution is 2.21. The lowest BCUT2D eigenvalue weighted by Crippen LogP contribution is -2.21. The molecule has 0 atom stereocenters. The second-order valence-electron chi connectivity index (χ2n) is 4.94. The van der Waals surface area contributed by atoms with Gasteiger partial charge in [0.15, 0.2) is 0 Å². The minimum absolute atomic E-state index is 0.632. The number of nitriles is 1. The summed E-state index contributed by atoms with van der Waals surface area (Å²) in [5.74, 6) is 0. The maximum Gasteiger partial charge on any atom is 0.0998 e. The number of anilines is 1. The quantitative estimate of drug-likeness (QED) is 0.557. The topological polar surface area (TPSA) is 27.0 Å². The molecule has 2 nitrogen and oxygen atoms in total. The molecule has 0 saturated heterocycles. The zero-order chi connectivity index (χ0) is 15.9. The Morgan fingerprint density at radius 2 is 1.64 bits per heavy atom. The van der Waals surface area contributed by atoms with Crippen molar-refractivity contribution in [2.45, 2.75) is 13.8 Å². The molecule has 0 saturated carbocycles. The van der Waals surface area contributed by atoms with Gasteiger partial charge in [0.1, 0.15) is 0 Å². The van der Waals surface area contributed by atoms with E-state index in [0.717, 1.165) is 24.2 Å². The van der Waals surface area contributed by atoms with Gasteiger partial charge in [0.2, 0.25) is 0 Å². The fourth-order valence-corrected chi connectivity index (χ4v) is 2.47. The van der Waals surface area contributed by atoms with Crippen molar-refractivity contribution in [1.29, 1.82) is 5.26 Å². The van der Waals surface area contributed by atoms with E-state index in [1.165, 1.54) is 5.69 Å². The molecular formula is C19H19ClN2. The average molecular weight is 311 g/mol. The van der Waals surface area contributed by atoms with Gasteiger partial charge in [-0.15, -0.1) is 0 Å². The first-order valence-electron chi connectivity index (χ1n) is 7.40. The average Bonchev–Trinajstić information content (AvgIpc) is 2.56. The lowest BCUT2D eigenvalue weighted by Gasteiger charge is -2.20. The molecule has 2 rings (SSSR count). The van der Waals surface area contributed by atoms with Crippen LogP contribution in [0.2, 0.25) is 5.02 Å². The van der Waals surface area contributed by atoms with Gasteiger partial charge in [-0.1, -0.05) is 35.9 Å². The molecule has 22 heavy (non-hydrogen) atoms. The van der Waals surface area contributed by atoms with E-state index in [0.29, 0.717) is 10.6 Å². The number of hydrogen-bond donors (Lipinski definition) is 0. The monoisotopic (exact) mass is 310 g/mol. The first-order chi connectivity index (χ1) is 10.7. The molecule has 0 unspecified atom stereocenters. The summed E-state index contributed by atoms with van der Waals surface area (Å²) in [4.78, 5) is 2.29. The molecule has 0 bridgehead atoms. The van der Waals surface area contributed by atoms with Crippen molar-refractivity contribution in [3.8, 4) is 6.07 Å². The maximum atomic E-state index is 9.37. The van der Waals surface area contributed by atoms with E-state index in [2.05, 4.69) is 36.9 Å². The number of nitrogens with zero attached hydrogens (tertiary/aromatic N) is 2. The number of halogens is 1. The standard InChI is InChI=1S/C19H19ClN2/c1-3-22(4-2)19-11-5-15(6-12-19)13-17(14-21)16-7-9-18(20)10-8-16/h5-13H,3-4H2,1-2H3/b17-13-. The van der Waals surface area contributed by atoms with E-state index in [-0.39, 0.29) is 0 Å². The van der Waals surface area contributed by atoms with E-state index in [1.807, 2.05) is 30.3 Å². The molecule has 0 fully saturated rings. The second kappa shape index (κ2) is 7.68. The van der Waals surface area contributed by atoms with Crippen molar-refractivity contribution in [3.63, 3.8) is 0 Å². The SMILES string of the molecule is CCN(CC)c1ccc(/C=C(/C#N)c2ccc(Cl)cc2)cc1. The fourth-order valence-electron chi connectivity index (χ4n) is 2.35. The molecule has 0 radical (unpaired) electrons. The Hall–Kier alpha value is -2.24. The van der Waals surface area contributed by atoms with E-state index < -0.39 is 0 Å². The van der Waals surface area contributed by atoms with Crippen LogP contribution in [0.15, 0.2) is 48.5 Å². The van der Waals surface area contributed by atoms with Gasteiger partial charge in [0, 0.05) is 23.8 Å². The molecule has 0 heterocycles. The largest absolute Gasteiger partial charge is 0.372 e. The van der Waals surface area contributed by atoms with Crippen LogP contribution in [0.3, 0.4) is 0 Å². The molecule has 0 N–H and O–H groups in total. The van der Waals surface area contributed by atoms with Crippen LogP contribution < -0.4 is 4.90 Å². The third-order valence-corrected chi connectivity index (χ3v) is 3.86. The Morgan fingerprint density at radius 3 is 2.14 bits per heavy atom. The summed E-state index contributed by atoms with van der Waals surface area (Å²) in [6.07, 6.45) is 1.90. The van der Waals surface area contributed by atoms with Gasteiger partial charge in [0.05, 0.1) is 11.6 Å². The molecule has 2 aromatic carbocycles. The van der Waals surface area contributed by atoms with Gasteiger partial charge < -0.3 is 4.90 Å². The summed E-state index contributed by atoms with van der Waals surface area (Å²) in [5, 5.41) is 10.0. The fraction of sp³-hybridized carbons (Fsp3) is 0.211. The summed E-state index contributed by atoms with van der Waals surface area (Å²) in [5.41, 5.74) is 3.72. The highest BCUT2D eigenvalue weighted by molar-refractivity contribution is 6.30. The smallest absolute Gasteiger partial charge is 0.0998 e. The normalized spacial score (nSPS) is 11.1. The number of hydrogen-bond acceptors (Lipinski definition) is 2. The minimum atomic E-state index is 0.632. The summed E-state index contributed by atoms with van der Waals surface area (Å²) < 4.78 is 0. The Morgan fingerprint density at radius 1 is 1.05 bits per heavy atom. The minimum Gasteiger partial charge on any atom is -0.372 e. The van der Waals surface area contributed by atoms with E-state index in [1.54, 1.807) is 12.1 Å². The van der Waals surface area contributed by atoms with Gasteiger partial charge in [-0.25, -0.2) is 0 Å². The number of allylic oxidation sites excluding steroid dienone is 1. The molecule has 0 spiro atoms. The van der Waals surface area contributed by atoms with E-state index in [4.69, 9.17) is 11.6 Å². The maximum absolute atomic E-state index is 9.37. The van der Waals surface area contributed by atoms with Crippen LogP contribution in [-0.4, -0.2) is 13.1 Å². The van der Waals surface area contributed by atoms with Crippen LogP contribution >= 0.6 is 11.6 Å². The van der Waals surface area contributed by atoms with Crippen molar-refractivity contribution in [3.05, 3.63) is 64.7 Å². The lowest BCUT2D eigenvalue weighted by atomic mass is 10.0. The van der Waals surface area contributed by atoms with Gasteiger partial charge in [0.25, 0.3) is 0 Å². The molecule has 0 amide bonds. The molecule has 112 valence electrons. The van der Waals surface area contributed by atoms with Crippen molar-refractivity contribution < 1.29 is 0 Å². The Bertz CT molecular complexity index is 675. The molecule has 3 heteroatoms. The van der Waals surface area contributed by atoms with Crippen LogP contribution in [0.5, 0.6) is 0 Å². The van der Waals surface area contributed by atoms with Gasteiger partial charge in [-0.2, -0.15) is 5.26 Å². The van der Waals surface area contributed by atoms with Crippen molar-refractivity contribution in [2.24, 2.45) is 0 Å². The second-order valence-corrected chi connectivity index (χ2v) is 5.38. The Balaban J connectivity index is 2.27.